The topological polar surface area (TPSA) is 68.9 Å². The Morgan fingerprint density at radius 1 is 1.47 bits per heavy atom. The molecule has 0 fully saturated rings. The molecule has 0 saturated heterocycles. The van der Waals surface area contributed by atoms with Crippen LogP contribution in [0.3, 0.4) is 0 Å². The van der Waals surface area contributed by atoms with E-state index >= 15 is 0 Å². The summed E-state index contributed by atoms with van der Waals surface area (Å²) < 4.78 is 3.17. The zero-order valence-electron chi connectivity index (χ0n) is 10.9. The number of hydrogen-bond acceptors (Lipinski definition) is 3. The molecule has 19 heavy (non-hydrogen) atoms. The molecule has 1 atom stereocenters. The van der Waals surface area contributed by atoms with Crippen LogP contribution in [-0.2, 0) is 13.6 Å². The molecule has 0 aliphatic carbocycles. The van der Waals surface area contributed by atoms with Crippen molar-refractivity contribution < 1.29 is 4.79 Å². The number of rotatable bonds is 4. The van der Waals surface area contributed by atoms with Crippen molar-refractivity contribution in [2.75, 3.05) is 0 Å². The van der Waals surface area contributed by atoms with Gasteiger partial charge in [0.25, 0.3) is 11.5 Å². The van der Waals surface area contributed by atoms with Gasteiger partial charge >= 0.3 is 0 Å². The van der Waals surface area contributed by atoms with Crippen molar-refractivity contribution in [3.05, 3.63) is 52.7 Å². The maximum atomic E-state index is 12.0. The Bertz CT molecular complexity index is 616. The average Bonchev–Trinajstić information content (AvgIpc) is 2.85. The van der Waals surface area contributed by atoms with Gasteiger partial charge in [0, 0.05) is 43.3 Å². The van der Waals surface area contributed by atoms with Gasteiger partial charge in [-0.1, -0.05) is 0 Å². The fraction of sp³-hybridized carbons (Fsp3) is 0.308. The van der Waals surface area contributed by atoms with Gasteiger partial charge in [-0.25, -0.2) is 0 Å². The summed E-state index contributed by atoms with van der Waals surface area (Å²) in [5.41, 5.74) is 0.169. The van der Waals surface area contributed by atoms with Crippen molar-refractivity contribution in [2.24, 2.45) is 7.05 Å². The molecule has 0 aromatic carbocycles. The predicted molar refractivity (Wildman–Crippen MR) is 70.8 cm³/mol. The quantitative estimate of drug-likeness (QED) is 0.865. The summed E-state index contributed by atoms with van der Waals surface area (Å²) in [6.07, 6.45) is 5.10. The number of nitrogens with one attached hydrogen (secondary N) is 1. The summed E-state index contributed by atoms with van der Waals surface area (Å²) in [5, 5.41) is 6.91. The molecule has 2 aromatic heterocycles. The summed E-state index contributed by atoms with van der Waals surface area (Å²) >= 11 is 0. The Kier molecular flexibility index (Phi) is 3.79. The highest BCUT2D eigenvalue weighted by molar-refractivity contribution is 5.94. The van der Waals surface area contributed by atoms with Gasteiger partial charge in [0.05, 0.1) is 6.54 Å². The molecule has 1 unspecified atom stereocenters. The molecular formula is C13H16N4O2. The van der Waals surface area contributed by atoms with Crippen LogP contribution in [0.2, 0.25) is 0 Å². The molecule has 0 spiro atoms. The second kappa shape index (κ2) is 5.51. The molecular weight excluding hydrogens is 244 g/mol. The lowest BCUT2D eigenvalue weighted by atomic mass is 10.2. The van der Waals surface area contributed by atoms with Crippen molar-refractivity contribution >= 4 is 5.91 Å². The van der Waals surface area contributed by atoms with E-state index in [0.717, 1.165) is 0 Å². The number of carbonyl (C=O) groups is 1. The third-order valence-corrected chi connectivity index (χ3v) is 2.76. The number of pyridine rings is 1. The molecule has 2 heterocycles. The normalized spacial score (nSPS) is 12.1. The number of amides is 1. The van der Waals surface area contributed by atoms with Crippen LogP contribution in [-0.4, -0.2) is 26.3 Å². The zero-order valence-corrected chi connectivity index (χ0v) is 10.9. The van der Waals surface area contributed by atoms with E-state index in [0.29, 0.717) is 12.1 Å². The first-order valence-electron chi connectivity index (χ1n) is 6.01. The smallest absolute Gasteiger partial charge is 0.251 e. The van der Waals surface area contributed by atoms with Crippen molar-refractivity contribution in [1.29, 1.82) is 0 Å². The molecule has 6 nitrogen and oxygen atoms in total. The Morgan fingerprint density at radius 2 is 2.26 bits per heavy atom. The molecule has 1 amide bonds. The molecule has 1 N–H and O–H groups in total. The van der Waals surface area contributed by atoms with Crippen molar-refractivity contribution in [2.45, 2.75) is 19.5 Å². The Hall–Kier alpha value is -2.37. The number of nitrogens with zero attached hydrogens (tertiary/aromatic N) is 3. The fourth-order valence-electron chi connectivity index (χ4n) is 1.73. The number of hydrogen-bond donors (Lipinski definition) is 1. The molecule has 0 aliphatic rings. The molecule has 2 aromatic rings. The highest BCUT2D eigenvalue weighted by Gasteiger charge is 2.11. The standard InChI is InChI=1S/C13H16N4O2/c1-10(9-17-6-3-5-14-17)15-13(19)11-4-7-16(2)12(18)8-11/h3-8,10H,9H2,1-2H3,(H,15,19). The van der Waals surface area contributed by atoms with Gasteiger partial charge in [-0.15, -0.1) is 0 Å². The van der Waals surface area contributed by atoms with Gasteiger partial charge in [0.1, 0.15) is 0 Å². The van der Waals surface area contributed by atoms with E-state index < -0.39 is 0 Å². The first-order chi connectivity index (χ1) is 9.06. The van der Waals surface area contributed by atoms with Gasteiger partial charge in [-0.05, 0) is 19.1 Å². The lowest BCUT2D eigenvalue weighted by Gasteiger charge is -2.14. The first-order valence-corrected chi connectivity index (χ1v) is 6.01. The molecule has 0 saturated carbocycles. The number of aryl methyl sites for hydroxylation is 1. The lowest BCUT2D eigenvalue weighted by Crippen LogP contribution is -2.36. The van der Waals surface area contributed by atoms with Crippen LogP contribution in [0.5, 0.6) is 0 Å². The summed E-state index contributed by atoms with van der Waals surface area (Å²) in [4.78, 5) is 23.4. The Balaban J connectivity index is 2.00. The third-order valence-electron chi connectivity index (χ3n) is 2.76. The Labute approximate surface area is 110 Å². The summed E-state index contributed by atoms with van der Waals surface area (Å²) in [6, 6.07) is 4.71. The van der Waals surface area contributed by atoms with E-state index in [4.69, 9.17) is 0 Å². The van der Waals surface area contributed by atoms with Gasteiger partial charge < -0.3 is 9.88 Å². The minimum atomic E-state index is -0.252. The summed E-state index contributed by atoms with van der Waals surface area (Å²) in [6.45, 7) is 2.48. The van der Waals surface area contributed by atoms with Crippen molar-refractivity contribution in [1.82, 2.24) is 19.7 Å². The van der Waals surface area contributed by atoms with Crippen LogP contribution in [0.4, 0.5) is 0 Å². The largest absolute Gasteiger partial charge is 0.348 e. The monoisotopic (exact) mass is 260 g/mol. The van der Waals surface area contributed by atoms with Crippen LogP contribution < -0.4 is 10.9 Å². The molecule has 100 valence electrons. The van der Waals surface area contributed by atoms with E-state index in [-0.39, 0.29) is 17.5 Å². The maximum absolute atomic E-state index is 12.0. The average molecular weight is 260 g/mol. The van der Waals surface area contributed by atoms with E-state index in [1.165, 1.54) is 10.6 Å². The molecule has 0 aliphatic heterocycles. The molecule has 0 radical (unpaired) electrons. The summed E-state index contributed by atoms with van der Waals surface area (Å²) in [7, 11) is 1.64. The number of carbonyl (C=O) groups excluding carboxylic acids is 1. The third kappa shape index (κ3) is 3.31. The number of aromatic nitrogens is 3. The second-order valence-electron chi connectivity index (χ2n) is 4.47. The van der Waals surface area contributed by atoms with E-state index in [9.17, 15) is 9.59 Å². The van der Waals surface area contributed by atoms with Gasteiger partial charge in [0.2, 0.25) is 0 Å². The highest BCUT2D eigenvalue weighted by Crippen LogP contribution is 1.97. The van der Waals surface area contributed by atoms with E-state index in [1.54, 1.807) is 30.2 Å². The SMILES string of the molecule is CC(Cn1cccn1)NC(=O)c1ccn(C)c(=O)c1. The lowest BCUT2D eigenvalue weighted by molar-refractivity contribution is 0.0935. The molecule has 0 bridgehead atoms. The van der Waals surface area contributed by atoms with Gasteiger partial charge in [-0.3, -0.25) is 14.3 Å². The van der Waals surface area contributed by atoms with Crippen LogP contribution in [0, 0.1) is 0 Å². The van der Waals surface area contributed by atoms with Crippen LogP contribution in [0.1, 0.15) is 17.3 Å². The Morgan fingerprint density at radius 3 is 2.89 bits per heavy atom. The fourth-order valence-corrected chi connectivity index (χ4v) is 1.73. The van der Waals surface area contributed by atoms with E-state index in [1.807, 2.05) is 19.2 Å². The minimum absolute atomic E-state index is 0.0727. The summed E-state index contributed by atoms with van der Waals surface area (Å²) in [5.74, 6) is -0.252. The van der Waals surface area contributed by atoms with Crippen LogP contribution in [0.15, 0.2) is 41.6 Å². The second-order valence-corrected chi connectivity index (χ2v) is 4.47. The van der Waals surface area contributed by atoms with Crippen molar-refractivity contribution in [3.63, 3.8) is 0 Å². The van der Waals surface area contributed by atoms with Crippen LogP contribution >= 0.6 is 0 Å². The van der Waals surface area contributed by atoms with Gasteiger partial charge in [-0.2, -0.15) is 5.10 Å². The molecule has 6 heteroatoms. The molecule has 2 rings (SSSR count). The first kappa shape index (κ1) is 13.1. The highest BCUT2D eigenvalue weighted by atomic mass is 16.2. The van der Waals surface area contributed by atoms with Crippen LogP contribution in [0.25, 0.3) is 0 Å². The minimum Gasteiger partial charge on any atom is -0.348 e. The predicted octanol–water partition coefficient (Wildman–Crippen LogP) is 0.400. The zero-order chi connectivity index (χ0) is 13.8. The maximum Gasteiger partial charge on any atom is 0.251 e. The van der Waals surface area contributed by atoms with E-state index in [2.05, 4.69) is 10.4 Å². The van der Waals surface area contributed by atoms with Gasteiger partial charge in [0.15, 0.2) is 0 Å². The van der Waals surface area contributed by atoms with Crippen molar-refractivity contribution in [3.8, 4) is 0 Å².